The van der Waals surface area contributed by atoms with Crippen LogP contribution in [0.4, 0.5) is 0 Å². The third kappa shape index (κ3) is 1.99. The fraction of sp³-hybridized carbons (Fsp3) is 0.636. The highest BCUT2D eigenvalue weighted by Crippen LogP contribution is 2.27. The van der Waals surface area contributed by atoms with E-state index in [-0.39, 0.29) is 6.23 Å². The van der Waals surface area contributed by atoms with E-state index in [0.717, 1.165) is 25.5 Å². The van der Waals surface area contributed by atoms with Crippen LogP contribution in [0.3, 0.4) is 0 Å². The molecule has 0 amide bonds. The third-order valence-corrected chi connectivity index (χ3v) is 2.37. The van der Waals surface area contributed by atoms with Crippen LogP contribution >= 0.6 is 0 Å². The van der Waals surface area contributed by atoms with Crippen molar-refractivity contribution in [1.82, 2.24) is 4.90 Å². The summed E-state index contributed by atoms with van der Waals surface area (Å²) in [4.78, 5) is 2.32. The van der Waals surface area contributed by atoms with E-state index >= 15 is 0 Å². The Balaban J connectivity index is 2.04. The first-order valence-corrected chi connectivity index (χ1v) is 5.16. The summed E-state index contributed by atoms with van der Waals surface area (Å²) in [7, 11) is 0. The molecule has 1 atom stereocenters. The Morgan fingerprint density at radius 2 is 2.43 bits per heavy atom. The van der Waals surface area contributed by atoms with Crippen molar-refractivity contribution >= 4 is 0 Å². The SMILES string of the molecule is CC(C)CN1CCOC1c1ccco1. The Morgan fingerprint density at radius 1 is 1.57 bits per heavy atom. The van der Waals surface area contributed by atoms with E-state index < -0.39 is 0 Å². The fourth-order valence-electron chi connectivity index (χ4n) is 1.85. The van der Waals surface area contributed by atoms with Gasteiger partial charge in [0.1, 0.15) is 5.76 Å². The molecule has 0 bridgehead atoms. The standard InChI is InChI=1S/C11H17NO2/c1-9(2)8-12-5-7-14-11(12)10-4-3-6-13-10/h3-4,6,9,11H,5,7-8H2,1-2H3. The van der Waals surface area contributed by atoms with Gasteiger partial charge in [-0.2, -0.15) is 0 Å². The first-order chi connectivity index (χ1) is 6.77. The molecule has 3 heteroatoms. The lowest BCUT2D eigenvalue weighted by atomic mass is 10.2. The summed E-state index contributed by atoms with van der Waals surface area (Å²) in [6.07, 6.45) is 1.73. The molecule has 0 radical (unpaired) electrons. The second kappa shape index (κ2) is 4.15. The minimum atomic E-state index is 0.0346. The van der Waals surface area contributed by atoms with E-state index in [1.54, 1.807) is 6.26 Å². The Kier molecular flexibility index (Phi) is 2.89. The van der Waals surface area contributed by atoms with Crippen LogP contribution in [0, 0.1) is 5.92 Å². The molecule has 1 unspecified atom stereocenters. The van der Waals surface area contributed by atoms with Gasteiger partial charge in [0.2, 0.25) is 0 Å². The lowest BCUT2D eigenvalue weighted by Gasteiger charge is -2.22. The molecule has 1 aliphatic heterocycles. The minimum absolute atomic E-state index is 0.0346. The normalized spacial score (nSPS) is 23.5. The van der Waals surface area contributed by atoms with Crippen molar-refractivity contribution in [3.8, 4) is 0 Å². The Bertz CT molecular complexity index is 269. The molecule has 0 N–H and O–H groups in total. The van der Waals surface area contributed by atoms with Crippen molar-refractivity contribution < 1.29 is 9.15 Å². The zero-order valence-corrected chi connectivity index (χ0v) is 8.77. The average Bonchev–Trinajstić information content (AvgIpc) is 2.70. The van der Waals surface area contributed by atoms with E-state index in [2.05, 4.69) is 18.7 Å². The number of hydrogen-bond acceptors (Lipinski definition) is 3. The predicted molar refractivity (Wildman–Crippen MR) is 53.8 cm³/mol. The van der Waals surface area contributed by atoms with Gasteiger partial charge in [0, 0.05) is 13.1 Å². The summed E-state index contributed by atoms with van der Waals surface area (Å²) in [5.74, 6) is 1.58. The zero-order valence-electron chi connectivity index (χ0n) is 8.77. The minimum Gasteiger partial charge on any atom is -0.465 e. The van der Waals surface area contributed by atoms with Gasteiger partial charge in [-0.1, -0.05) is 13.8 Å². The van der Waals surface area contributed by atoms with Crippen molar-refractivity contribution in [3.63, 3.8) is 0 Å². The molecule has 1 aliphatic rings. The largest absolute Gasteiger partial charge is 0.465 e. The smallest absolute Gasteiger partial charge is 0.169 e. The highest BCUT2D eigenvalue weighted by molar-refractivity contribution is 5.03. The second-order valence-electron chi connectivity index (χ2n) is 4.13. The molecule has 3 nitrogen and oxygen atoms in total. The Morgan fingerprint density at radius 3 is 3.07 bits per heavy atom. The van der Waals surface area contributed by atoms with Crippen molar-refractivity contribution in [2.24, 2.45) is 5.92 Å². The van der Waals surface area contributed by atoms with Crippen LogP contribution in [0.5, 0.6) is 0 Å². The topological polar surface area (TPSA) is 25.6 Å². The van der Waals surface area contributed by atoms with Gasteiger partial charge in [0.25, 0.3) is 0 Å². The number of ether oxygens (including phenoxy) is 1. The van der Waals surface area contributed by atoms with Crippen LogP contribution in [0.15, 0.2) is 22.8 Å². The van der Waals surface area contributed by atoms with Crippen LogP contribution in [-0.2, 0) is 4.74 Å². The maximum Gasteiger partial charge on any atom is 0.169 e. The fourth-order valence-corrected chi connectivity index (χ4v) is 1.85. The first-order valence-electron chi connectivity index (χ1n) is 5.16. The highest BCUT2D eigenvalue weighted by atomic mass is 16.5. The number of furan rings is 1. The molecule has 1 aromatic heterocycles. The van der Waals surface area contributed by atoms with Gasteiger partial charge in [-0.25, -0.2) is 0 Å². The lowest BCUT2D eigenvalue weighted by Crippen LogP contribution is -2.27. The van der Waals surface area contributed by atoms with E-state index in [0.29, 0.717) is 5.92 Å². The van der Waals surface area contributed by atoms with Gasteiger partial charge in [0.05, 0.1) is 12.9 Å². The average molecular weight is 195 g/mol. The van der Waals surface area contributed by atoms with Crippen LogP contribution in [0.1, 0.15) is 25.8 Å². The summed E-state index contributed by atoms with van der Waals surface area (Å²) in [5, 5.41) is 0. The van der Waals surface area contributed by atoms with Crippen LogP contribution in [0.25, 0.3) is 0 Å². The molecule has 0 spiro atoms. The van der Waals surface area contributed by atoms with Crippen molar-refractivity contribution in [1.29, 1.82) is 0 Å². The van der Waals surface area contributed by atoms with Crippen molar-refractivity contribution in [3.05, 3.63) is 24.2 Å². The van der Waals surface area contributed by atoms with Gasteiger partial charge in [-0.3, -0.25) is 4.90 Å². The molecule has 1 fully saturated rings. The molecule has 0 aromatic carbocycles. The number of rotatable bonds is 3. The molecule has 0 aliphatic carbocycles. The molecule has 2 heterocycles. The third-order valence-electron chi connectivity index (χ3n) is 2.37. The zero-order chi connectivity index (χ0) is 9.97. The molecule has 78 valence electrons. The molecular formula is C11H17NO2. The quantitative estimate of drug-likeness (QED) is 0.739. The molecular weight excluding hydrogens is 178 g/mol. The van der Waals surface area contributed by atoms with Crippen molar-refractivity contribution in [2.45, 2.75) is 20.1 Å². The van der Waals surface area contributed by atoms with Crippen LogP contribution in [-0.4, -0.2) is 24.6 Å². The molecule has 14 heavy (non-hydrogen) atoms. The summed E-state index contributed by atoms with van der Waals surface area (Å²) < 4.78 is 11.0. The summed E-state index contributed by atoms with van der Waals surface area (Å²) >= 11 is 0. The van der Waals surface area contributed by atoms with E-state index in [1.165, 1.54) is 0 Å². The van der Waals surface area contributed by atoms with E-state index in [4.69, 9.17) is 9.15 Å². The van der Waals surface area contributed by atoms with Crippen LogP contribution in [0.2, 0.25) is 0 Å². The molecule has 0 saturated carbocycles. The van der Waals surface area contributed by atoms with E-state index in [1.807, 2.05) is 12.1 Å². The first kappa shape index (κ1) is 9.74. The van der Waals surface area contributed by atoms with Gasteiger partial charge in [-0.15, -0.1) is 0 Å². The molecule has 2 rings (SSSR count). The van der Waals surface area contributed by atoms with Gasteiger partial charge in [-0.05, 0) is 18.1 Å². The number of hydrogen-bond donors (Lipinski definition) is 0. The molecule has 1 aromatic rings. The second-order valence-corrected chi connectivity index (χ2v) is 4.13. The van der Waals surface area contributed by atoms with Gasteiger partial charge < -0.3 is 9.15 Å². The van der Waals surface area contributed by atoms with Crippen molar-refractivity contribution in [2.75, 3.05) is 19.7 Å². The predicted octanol–water partition coefficient (Wildman–Crippen LogP) is 2.27. The Labute approximate surface area is 84.6 Å². The molecule has 1 saturated heterocycles. The maximum absolute atomic E-state index is 5.64. The maximum atomic E-state index is 5.64. The highest BCUT2D eigenvalue weighted by Gasteiger charge is 2.28. The Hall–Kier alpha value is -0.800. The summed E-state index contributed by atoms with van der Waals surface area (Å²) in [6.45, 7) is 7.31. The van der Waals surface area contributed by atoms with Gasteiger partial charge in [0.15, 0.2) is 6.23 Å². The van der Waals surface area contributed by atoms with Crippen LogP contribution < -0.4 is 0 Å². The number of nitrogens with zero attached hydrogens (tertiary/aromatic N) is 1. The monoisotopic (exact) mass is 195 g/mol. The van der Waals surface area contributed by atoms with Gasteiger partial charge >= 0.3 is 0 Å². The summed E-state index contributed by atoms with van der Waals surface area (Å²) in [5.41, 5.74) is 0. The lowest BCUT2D eigenvalue weighted by molar-refractivity contribution is 0.0107. The van der Waals surface area contributed by atoms with E-state index in [9.17, 15) is 0 Å². The summed E-state index contributed by atoms with van der Waals surface area (Å²) in [6, 6.07) is 3.88.